The second-order valence-electron chi connectivity index (χ2n) is 3.07. The molecule has 0 aliphatic carbocycles. The molecule has 0 spiro atoms. The molecule has 5 heteroatoms. The molecule has 0 aliphatic heterocycles. The Kier molecular flexibility index (Phi) is 3.98. The van der Waals surface area contributed by atoms with E-state index in [1.165, 1.54) is 0 Å². The lowest BCUT2D eigenvalue weighted by Crippen LogP contribution is -2.28. The van der Waals surface area contributed by atoms with Crippen molar-refractivity contribution in [2.24, 2.45) is 0 Å². The fourth-order valence-electron chi connectivity index (χ4n) is 1.13. The Labute approximate surface area is 89.1 Å². The number of nitrogens with one attached hydrogen (secondary N) is 1. The van der Waals surface area contributed by atoms with Crippen molar-refractivity contribution < 1.29 is 0 Å². The zero-order chi connectivity index (χ0) is 10.6. The molecule has 0 atom stereocenters. The van der Waals surface area contributed by atoms with Crippen molar-refractivity contribution in [2.45, 2.75) is 0 Å². The smallest absolute Gasteiger partial charge is 0.153 e. The van der Waals surface area contributed by atoms with Crippen molar-refractivity contribution in [1.29, 1.82) is 0 Å². The number of aromatic nitrogens is 1. The van der Waals surface area contributed by atoms with E-state index in [0.717, 1.165) is 18.9 Å². The van der Waals surface area contributed by atoms with Crippen molar-refractivity contribution in [3.05, 3.63) is 17.3 Å². The number of hydrogen-bond acceptors (Lipinski definition) is 4. The summed E-state index contributed by atoms with van der Waals surface area (Å²) in [6.45, 7) is 1.72. The quantitative estimate of drug-likeness (QED) is 0.734. The van der Waals surface area contributed by atoms with Gasteiger partial charge in [0, 0.05) is 20.1 Å². The third kappa shape index (κ3) is 2.75. The van der Waals surface area contributed by atoms with Crippen molar-refractivity contribution in [3.63, 3.8) is 0 Å². The lowest BCUT2D eigenvalue weighted by Gasteiger charge is -2.19. The van der Waals surface area contributed by atoms with Crippen LogP contribution in [0.2, 0.25) is 5.15 Å². The standard InChI is InChI=1S/C9H15ClN4/c1-12-5-6-14(2)9-7(11)3-4-8(10)13-9/h3-4,12H,5-6,11H2,1-2H3. The minimum atomic E-state index is 0.463. The number of rotatable bonds is 4. The zero-order valence-corrected chi connectivity index (χ0v) is 9.17. The third-order valence-corrected chi connectivity index (χ3v) is 2.14. The van der Waals surface area contributed by atoms with E-state index in [-0.39, 0.29) is 0 Å². The van der Waals surface area contributed by atoms with Gasteiger partial charge < -0.3 is 16.0 Å². The second-order valence-corrected chi connectivity index (χ2v) is 3.46. The molecule has 14 heavy (non-hydrogen) atoms. The molecule has 3 N–H and O–H groups in total. The fraction of sp³-hybridized carbons (Fsp3) is 0.444. The average Bonchev–Trinajstić information content (AvgIpc) is 2.18. The van der Waals surface area contributed by atoms with Crippen LogP contribution in [-0.4, -0.2) is 32.2 Å². The summed E-state index contributed by atoms with van der Waals surface area (Å²) in [7, 11) is 3.84. The lowest BCUT2D eigenvalue weighted by molar-refractivity contribution is 0.762. The van der Waals surface area contributed by atoms with Gasteiger partial charge in [-0.15, -0.1) is 0 Å². The highest BCUT2D eigenvalue weighted by atomic mass is 35.5. The number of likely N-dealkylation sites (N-methyl/N-ethyl adjacent to an activating group) is 2. The van der Waals surface area contributed by atoms with E-state index < -0.39 is 0 Å². The number of hydrogen-bond donors (Lipinski definition) is 2. The van der Waals surface area contributed by atoms with Crippen LogP contribution in [0.3, 0.4) is 0 Å². The number of nitrogen functional groups attached to an aromatic ring is 1. The van der Waals surface area contributed by atoms with Crippen molar-refractivity contribution >= 4 is 23.1 Å². The molecule has 1 aromatic heterocycles. The Morgan fingerprint density at radius 2 is 2.29 bits per heavy atom. The van der Waals surface area contributed by atoms with Crippen molar-refractivity contribution in [2.75, 3.05) is 37.8 Å². The molecule has 0 unspecified atom stereocenters. The highest BCUT2D eigenvalue weighted by Gasteiger charge is 2.06. The largest absolute Gasteiger partial charge is 0.396 e. The molecule has 1 heterocycles. The van der Waals surface area contributed by atoms with Crippen LogP contribution in [0.25, 0.3) is 0 Å². The highest BCUT2D eigenvalue weighted by Crippen LogP contribution is 2.21. The van der Waals surface area contributed by atoms with Crippen LogP contribution >= 0.6 is 11.6 Å². The van der Waals surface area contributed by atoms with Crippen LogP contribution < -0.4 is 16.0 Å². The van der Waals surface area contributed by atoms with Gasteiger partial charge in [0.1, 0.15) is 5.15 Å². The molecule has 0 bridgehead atoms. The van der Waals surface area contributed by atoms with Crippen LogP contribution in [0.15, 0.2) is 12.1 Å². The molecule has 0 aromatic carbocycles. The first-order chi connectivity index (χ1) is 6.65. The first kappa shape index (κ1) is 11.1. The maximum absolute atomic E-state index is 5.79. The number of halogens is 1. The van der Waals surface area contributed by atoms with Gasteiger partial charge in [0.2, 0.25) is 0 Å². The van der Waals surface area contributed by atoms with Crippen molar-refractivity contribution in [1.82, 2.24) is 10.3 Å². The Balaban J connectivity index is 2.77. The highest BCUT2D eigenvalue weighted by molar-refractivity contribution is 6.29. The van der Waals surface area contributed by atoms with Gasteiger partial charge in [-0.05, 0) is 19.2 Å². The van der Waals surface area contributed by atoms with Gasteiger partial charge in [-0.1, -0.05) is 11.6 Å². The number of nitrogens with two attached hydrogens (primary N) is 1. The molecule has 4 nitrogen and oxygen atoms in total. The van der Waals surface area contributed by atoms with E-state index in [9.17, 15) is 0 Å². The first-order valence-corrected chi connectivity index (χ1v) is 4.80. The first-order valence-electron chi connectivity index (χ1n) is 4.43. The summed E-state index contributed by atoms with van der Waals surface area (Å²) in [5.41, 5.74) is 6.43. The Hall–Kier alpha value is -1.00. The summed E-state index contributed by atoms with van der Waals surface area (Å²) < 4.78 is 0. The molecule has 0 fully saturated rings. The number of anilines is 2. The fourth-order valence-corrected chi connectivity index (χ4v) is 1.27. The number of pyridine rings is 1. The molecule has 0 amide bonds. The van der Waals surface area contributed by atoms with E-state index in [2.05, 4.69) is 10.3 Å². The maximum Gasteiger partial charge on any atom is 0.153 e. The molecule has 0 aliphatic rings. The summed E-state index contributed by atoms with van der Waals surface area (Å²) in [6, 6.07) is 3.45. The normalized spacial score (nSPS) is 10.2. The summed E-state index contributed by atoms with van der Waals surface area (Å²) in [6.07, 6.45) is 0. The van der Waals surface area contributed by atoms with Crippen molar-refractivity contribution in [3.8, 4) is 0 Å². The van der Waals surface area contributed by atoms with Crippen LogP contribution in [0, 0.1) is 0 Å². The predicted octanol–water partition coefficient (Wildman–Crippen LogP) is 0.973. The molecule has 1 aromatic rings. The van der Waals surface area contributed by atoms with Gasteiger partial charge in [-0.2, -0.15) is 0 Å². The third-order valence-electron chi connectivity index (χ3n) is 1.93. The molecular weight excluding hydrogens is 200 g/mol. The Bertz CT molecular complexity index is 303. The summed E-state index contributed by atoms with van der Waals surface area (Å²) in [5, 5.41) is 3.52. The molecule has 78 valence electrons. The van der Waals surface area contributed by atoms with Crippen LogP contribution in [0.5, 0.6) is 0 Å². The van der Waals surface area contributed by atoms with Gasteiger partial charge in [-0.25, -0.2) is 4.98 Å². The van der Waals surface area contributed by atoms with Crippen LogP contribution in [0.4, 0.5) is 11.5 Å². The predicted molar refractivity (Wildman–Crippen MR) is 60.9 cm³/mol. The van der Waals surface area contributed by atoms with E-state index >= 15 is 0 Å². The molecular formula is C9H15ClN4. The zero-order valence-electron chi connectivity index (χ0n) is 8.42. The lowest BCUT2D eigenvalue weighted by atomic mass is 10.3. The van der Waals surface area contributed by atoms with E-state index in [4.69, 9.17) is 17.3 Å². The average molecular weight is 215 g/mol. The summed E-state index contributed by atoms with van der Waals surface area (Å²) in [4.78, 5) is 6.13. The van der Waals surface area contributed by atoms with Gasteiger partial charge in [-0.3, -0.25) is 0 Å². The Morgan fingerprint density at radius 1 is 1.57 bits per heavy atom. The Morgan fingerprint density at radius 3 is 2.93 bits per heavy atom. The van der Waals surface area contributed by atoms with Gasteiger partial charge in [0.25, 0.3) is 0 Å². The molecule has 1 rings (SSSR count). The topological polar surface area (TPSA) is 54.2 Å². The minimum Gasteiger partial charge on any atom is -0.396 e. The second kappa shape index (κ2) is 5.02. The SMILES string of the molecule is CNCCN(C)c1nc(Cl)ccc1N. The van der Waals surface area contributed by atoms with Gasteiger partial charge >= 0.3 is 0 Å². The van der Waals surface area contributed by atoms with Gasteiger partial charge in [0.05, 0.1) is 5.69 Å². The number of nitrogens with zero attached hydrogens (tertiary/aromatic N) is 2. The van der Waals surface area contributed by atoms with Gasteiger partial charge in [0.15, 0.2) is 5.82 Å². The maximum atomic E-state index is 5.79. The summed E-state index contributed by atoms with van der Waals surface area (Å²) >= 11 is 5.79. The summed E-state index contributed by atoms with van der Waals surface area (Å²) in [5.74, 6) is 0.729. The minimum absolute atomic E-state index is 0.463. The van der Waals surface area contributed by atoms with E-state index in [1.807, 2.05) is 19.0 Å². The van der Waals surface area contributed by atoms with Crippen LogP contribution in [0.1, 0.15) is 0 Å². The molecule has 0 saturated carbocycles. The monoisotopic (exact) mass is 214 g/mol. The van der Waals surface area contributed by atoms with E-state index in [1.54, 1.807) is 12.1 Å². The molecule has 0 radical (unpaired) electrons. The van der Waals surface area contributed by atoms with Crippen LogP contribution in [-0.2, 0) is 0 Å². The molecule has 0 saturated heterocycles. The van der Waals surface area contributed by atoms with E-state index in [0.29, 0.717) is 10.8 Å².